The minimum Gasteiger partial charge on any atom is -0.478 e. The van der Waals surface area contributed by atoms with E-state index in [2.05, 4.69) is 4.98 Å². The highest BCUT2D eigenvalue weighted by Gasteiger charge is 2.27. The number of aryl methyl sites for hydroxylation is 1. The van der Waals surface area contributed by atoms with Crippen LogP contribution in [-0.2, 0) is 10.0 Å². The van der Waals surface area contributed by atoms with E-state index in [1.54, 1.807) is 24.4 Å². The van der Waals surface area contributed by atoms with E-state index in [0.717, 1.165) is 0 Å². The van der Waals surface area contributed by atoms with E-state index >= 15 is 0 Å². The molecule has 0 aliphatic heterocycles. The fourth-order valence-electron chi connectivity index (χ4n) is 2.79. The Kier molecular flexibility index (Phi) is 5.99. The minimum absolute atomic E-state index is 0.0622. The highest BCUT2D eigenvalue weighted by molar-refractivity contribution is 7.92. The summed E-state index contributed by atoms with van der Waals surface area (Å²) in [5, 5.41) is 11.5. The van der Waals surface area contributed by atoms with Gasteiger partial charge in [0.25, 0.3) is 10.0 Å². The maximum Gasteiger partial charge on any atom is 0.335 e. The third kappa shape index (κ3) is 4.30. The number of carbonyl (C=O) groups is 1. The quantitative estimate of drug-likeness (QED) is 0.589. The van der Waals surface area contributed by atoms with Gasteiger partial charge in [0, 0.05) is 17.5 Å². The van der Waals surface area contributed by atoms with Crippen molar-refractivity contribution >= 4 is 33.1 Å². The van der Waals surface area contributed by atoms with Gasteiger partial charge in [-0.1, -0.05) is 13.0 Å². The average Bonchev–Trinajstić information content (AvgIpc) is 3.16. The molecule has 0 saturated heterocycles. The standard InChI is InChI=1S/C20H19FN2O4S2/c1-3-10-23(18-12-28-19(22-18)14-5-7-15(21)8-6-14)29(26,27)16-9-4-13(2)17(11-16)20(24)25/h4-9,11-12H,3,10H2,1-2H3,(H,24,25). The molecule has 3 rings (SSSR count). The first-order valence-corrected chi connectivity index (χ1v) is 11.1. The first-order valence-electron chi connectivity index (χ1n) is 8.82. The maximum absolute atomic E-state index is 13.2. The number of aromatic nitrogens is 1. The normalized spacial score (nSPS) is 11.4. The van der Waals surface area contributed by atoms with Crippen LogP contribution in [0.25, 0.3) is 10.6 Å². The second-order valence-electron chi connectivity index (χ2n) is 6.38. The van der Waals surface area contributed by atoms with Crippen molar-refractivity contribution in [3.63, 3.8) is 0 Å². The molecule has 0 radical (unpaired) electrons. The minimum atomic E-state index is -4.01. The van der Waals surface area contributed by atoms with Crippen LogP contribution in [0.1, 0.15) is 29.3 Å². The highest BCUT2D eigenvalue weighted by Crippen LogP contribution is 2.31. The van der Waals surface area contributed by atoms with Gasteiger partial charge in [-0.2, -0.15) is 0 Å². The van der Waals surface area contributed by atoms with E-state index in [-0.39, 0.29) is 28.6 Å². The molecule has 0 saturated carbocycles. The van der Waals surface area contributed by atoms with Crippen molar-refractivity contribution < 1.29 is 22.7 Å². The number of anilines is 1. The zero-order valence-electron chi connectivity index (χ0n) is 15.8. The molecule has 0 bridgehead atoms. The number of hydrogen-bond acceptors (Lipinski definition) is 5. The van der Waals surface area contributed by atoms with Gasteiger partial charge in [-0.15, -0.1) is 11.3 Å². The number of thiazole rings is 1. The summed E-state index contributed by atoms with van der Waals surface area (Å²) in [6, 6.07) is 9.83. The van der Waals surface area contributed by atoms with E-state index < -0.39 is 16.0 Å². The van der Waals surface area contributed by atoms with Crippen molar-refractivity contribution in [2.24, 2.45) is 0 Å². The monoisotopic (exact) mass is 434 g/mol. The topological polar surface area (TPSA) is 87.6 Å². The molecule has 0 aliphatic rings. The van der Waals surface area contributed by atoms with Crippen LogP contribution in [0.4, 0.5) is 10.2 Å². The molecule has 6 nitrogen and oxygen atoms in total. The summed E-state index contributed by atoms with van der Waals surface area (Å²) in [5.74, 6) is -1.31. The summed E-state index contributed by atoms with van der Waals surface area (Å²) in [6.45, 7) is 3.64. The summed E-state index contributed by atoms with van der Waals surface area (Å²) in [4.78, 5) is 15.7. The van der Waals surface area contributed by atoms with E-state index in [4.69, 9.17) is 0 Å². The molecule has 9 heteroatoms. The molecule has 0 amide bonds. The molecular weight excluding hydrogens is 415 g/mol. The lowest BCUT2D eigenvalue weighted by molar-refractivity contribution is 0.0696. The Morgan fingerprint density at radius 3 is 2.52 bits per heavy atom. The number of sulfonamides is 1. The van der Waals surface area contributed by atoms with E-state index in [9.17, 15) is 22.7 Å². The van der Waals surface area contributed by atoms with Crippen molar-refractivity contribution in [1.29, 1.82) is 0 Å². The molecule has 1 aromatic heterocycles. The first kappa shape index (κ1) is 20.9. The zero-order chi connectivity index (χ0) is 21.2. The first-order chi connectivity index (χ1) is 13.7. The lowest BCUT2D eigenvalue weighted by Crippen LogP contribution is -2.32. The van der Waals surface area contributed by atoms with Crippen LogP contribution in [0.3, 0.4) is 0 Å². The van der Waals surface area contributed by atoms with Gasteiger partial charge < -0.3 is 5.11 Å². The molecule has 0 unspecified atom stereocenters. The molecule has 0 atom stereocenters. The number of halogens is 1. The van der Waals surface area contributed by atoms with Gasteiger partial charge in [0.1, 0.15) is 10.8 Å². The van der Waals surface area contributed by atoms with Crippen molar-refractivity contribution in [3.05, 3.63) is 64.8 Å². The Labute approximate surface area is 172 Å². The Balaban J connectivity index is 2.02. The fourth-order valence-corrected chi connectivity index (χ4v) is 5.19. The third-order valence-corrected chi connectivity index (χ3v) is 6.97. The largest absolute Gasteiger partial charge is 0.478 e. The summed E-state index contributed by atoms with van der Waals surface area (Å²) in [7, 11) is -4.01. The molecule has 0 spiro atoms. The van der Waals surface area contributed by atoms with Crippen LogP contribution < -0.4 is 4.31 Å². The second-order valence-corrected chi connectivity index (χ2v) is 9.10. The number of rotatable bonds is 7. The second kappa shape index (κ2) is 8.30. The Bertz CT molecular complexity index is 1140. The summed E-state index contributed by atoms with van der Waals surface area (Å²) < 4.78 is 40.8. The smallest absolute Gasteiger partial charge is 0.335 e. The number of benzene rings is 2. The Hall–Kier alpha value is -2.78. The van der Waals surface area contributed by atoms with Gasteiger partial charge in [-0.25, -0.2) is 26.9 Å². The van der Waals surface area contributed by atoms with E-state index in [1.165, 1.54) is 46.0 Å². The van der Waals surface area contributed by atoms with Crippen molar-refractivity contribution in [1.82, 2.24) is 4.98 Å². The lowest BCUT2D eigenvalue weighted by Gasteiger charge is -2.22. The maximum atomic E-state index is 13.2. The van der Waals surface area contributed by atoms with Gasteiger partial charge >= 0.3 is 5.97 Å². The van der Waals surface area contributed by atoms with Crippen LogP contribution in [0.5, 0.6) is 0 Å². The molecule has 1 heterocycles. The molecule has 29 heavy (non-hydrogen) atoms. The molecule has 0 fully saturated rings. The highest BCUT2D eigenvalue weighted by atomic mass is 32.2. The van der Waals surface area contributed by atoms with Crippen LogP contribution in [0.15, 0.2) is 52.7 Å². The van der Waals surface area contributed by atoms with Gasteiger partial charge in [0.2, 0.25) is 0 Å². The van der Waals surface area contributed by atoms with Crippen molar-refractivity contribution in [3.8, 4) is 10.6 Å². The molecule has 152 valence electrons. The van der Waals surface area contributed by atoms with E-state index in [0.29, 0.717) is 22.6 Å². The third-order valence-electron chi connectivity index (χ3n) is 4.29. The van der Waals surface area contributed by atoms with Gasteiger partial charge in [-0.05, 0) is 55.3 Å². The molecule has 1 N–H and O–H groups in total. The van der Waals surface area contributed by atoms with Gasteiger partial charge in [0.15, 0.2) is 5.82 Å². The van der Waals surface area contributed by atoms with Gasteiger partial charge in [0.05, 0.1) is 10.5 Å². The van der Waals surface area contributed by atoms with E-state index in [1.807, 2.05) is 6.92 Å². The lowest BCUT2D eigenvalue weighted by atomic mass is 10.1. The molecule has 3 aromatic rings. The number of nitrogens with zero attached hydrogens (tertiary/aromatic N) is 2. The van der Waals surface area contributed by atoms with Crippen LogP contribution in [0.2, 0.25) is 0 Å². The average molecular weight is 435 g/mol. The summed E-state index contributed by atoms with van der Waals surface area (Å²) in [6.07, 6.45) is 0.542. The Morgan fingerprint density at radius 1 is 1.21 bits per heavy atom. The zero-order valence-corrected chi connectivity index (χ0v) is 17.4. The predicted octanol–water partition coefficient (Wildman–Crippen LogP) is 4.56. The molecular formula is C20H19FN2O4S2. The SMILES string of the molecule is CCCN(c1csc(-c2ccc(F)cc2)n1)S(=O)(=O)c1ccc(C)c(C(=O)O)c1. The van der Waals surface area contributed by atoms with Crippen molar-refractivity contribution in [2.45, 2.75) is 25.2 Å². The number of hydrogen-bond donors (Lipinski definition) is 1. The predicted molar refractivity (Wildman–Crippen MR) is 110 cm³/mol. The number of aromatic carboxylic acids is 1. The molecule has 2 aromatic carbocycles. The van der Waals surface area contributed by atoms with Gasteiger partial charge in [-0.3, -0.25) is 0 Å². The fraction of sp³-hybridized carbons (Fsp3) is 0.200. The number of carboxylic acids is 1. The van der Waals surface area contributed by atoms with Crippen LogP contribution >= 0.6 is 11.3 Å². The molecule has 0 aliphatic carbocycles. The van der Waals surface area contributed by atoms with Crippen LogP contribution in [-0.4, -0.2) is 31.0 Å². The Morgan fingerprint density at radius 2 is 1.90 bits per heavy atom. The number of carboxylic acid groups (broad SMARTS) is 1. The summed E-state index contributed by atoms with van der Waals surface area (Å²) >= 11 is 1.25. The van der Waals surface area contributed by atoms with Crippen molar-refractivity contribution in [2.75, 3.05) is 10.8 Å². The van der Waals surface area contributed by atoms with Crippen LogP contribution in [0, 0.1) is 12.7 Å². The summed E-state index contributed by atoms with van der Waals surface area (Å²) in [5.41, 5.74) is 1.10.